The number of rotatable bonds is 4. The van der Waals surface area contributed by atoms with Gasteiger partial charge in [0.25, 0.3) is 0 Å². The van der Waals surface area contributed by atoms with E-state index in [0.29, 0.717) is 0 Å². The molecule has 2 heterocycles. The third kappa shape index (κ3) is 4.33. The van der Waals surface area contributed by atoms with Crippen LogP contribution in [-0.4, -0.2) is 13.0 Å². The summed E-state index contributed by atoms with van der Waals surface area (Å²) in [4.78, 5) is 6.86. The second-order valence-electron chi connectivity index (χ2n) is 4.01. The normalized spacial score (nSPS) is 11.6. The van der Waals surface area contributed by atoms with E-state index in [1.165, 1.54) is 15.3 Å². The lowest BCUT2D eigenvalue weighted by Gasteiger charge is -2.10. The molecule has 0 amide bonds. The van der Waals surface area contributed by atoms with E-state index in [1.807, 2.05) is 0 Å². The lowest BCUT2D eigenvalue weighted by molar-refractivity contribution is 0.820. The monoisotopic (exact) mass is 357 g/mol. The summed E-state index contributed by atoms with van der Waals surface area (Å²) in [6.07, 6.45) is 0. The highest BCUT2D eigenvalue weighted by Crippen LogP contribution is 2.21. The summed E-state index contributed by atoms with van der Waals surface area (Å²) in [5.74, 6) is 0.831. The Labute approximate surface area is 129 Å². The lowest BCUT2D eigenvalue weighted by atomic mass is 10.3. The number of nitrogens with one attached hydrogen (secondary N) is 2. The van der Waals surface area contributed by atoms with Gasteiger partial charge in [0.05, 0.1) is 16.9 Å². The molecule has 0 saturated heterocycles. The van der Waals surface area contributed by atoms with Crippen LogP contribution >= 0.6 is 38.6 Å². The zero-order valence-electron chi connectivity index (χ0n) is 10.9. The number of halogens is 1. The molecule has 0 aromatic carbocycles. The van der Waals surface area contributed by atoms with Crippen LogP contribution in [0, 0.1) is 6.92 Å². The Balaban J connectivity index is 1.82. The average Bonchev–Trinajstić information content (AvgIpc) is 2.99. The average molecular weight is 358 g/mol. The molecule has 19 heavy (non-hydrogen) atoms. The largest absolute Gasteiger partial charge is 0.352 e. The number of guanidine groups is 1. The molecule has 0 saturated carbocycles. The smallest absolute Gasteiger partial charge is 0.191 e. The Kier molecular flexibility index (Phi) is 5.42. The Hall–Kier alpha value is -0.850. The summed E-state index contributed by atoms with van der Waals surface area (Å²) in [7, 11) is 1.79. The summed E-state index contributed by atoms with van der Waals surface area (Å²) >= 11 is 6.97. The lowest BCUT2D eigenvalue weighted by Crippen LogP contribution is -2.36. The first-order valence-electron chi connectivity index (χ1n) is 5.90. The fraction of sp³-hybridized carbons (Fsp3) is 0.308. The summed E-state index contributed by atoms with van der Waals surface area (Å²) in [6.45, 7) is 3.74. The van der Waals surface area contributed by atoms with Gasteiger partial charge < -0.3 is 10.6 Å². The highest BCUT2D eigenvalue weighted by Gasteiger charge is 2.03. The Morgan fingerprint density at radius 1 is 1.26 bits per heavy atom. The molecule has 0 aliphatic rings. The molecular weight excluding hydrogens is 342 g/mol. The van der Waals surface area contributed by atoms with Crippen LogP contribution in [-0.2, 0) is 13.1 Å². The molecule has 2 N–H and O–H groups in total. The quantitative estimate of drug-likeness (QED) is 0.645. The van der Waals surface area contributed by atoms with Crippen molar-refractivity contribution < 1.29 is 0 Å². The molecule has 2 rings (SSSR count). The van der Waals surface area contributed by atoms with Gasteiger partial charge in [0.1, 0.15) is 0 Å². The van der Waals surface area contributed by atoms with Gasteiger partial charge in [-0.15, -0.1) is 22.7 Å². The van der Waals surface area contributed by atoms with Crippen LogP contribution in [0.3, 0.4) is 0 Å². The van der Waals surface area contributed by atoms with Crippen molar-refractivity contribution in [2.24, 2.45) is 4.99 Å². The van der Waals surface area contributed by atoms with E-state index in [4.69, 9.17) is 0 Å². The molecule has 6 heteroatoms. The zero-order valence-corrected chi connectivity index (χ0v) is 14.1. The molecule has 0 aliphatic heterocycles. The number of thiophene rings is 2. The van der Waals surface area contributed by atoms with Crippen LogP contribution in [0.2, 0.25) is 0 Å². The molecule has 0 atom stereocenters. The molecule has 0 fully saturated rings. The molecule has 2 aromatic heterocycles. The van der Waals surface area contributed by atoms with Crippen LogP contribution in [0.4, 0.5) is 0 Å². The van der Waals surface area contributed by atoms with E-state index in [-0.39, 0.29) is 0 Å². The third-order valence-corrected chi connectivity index (χ3v) is 5.31. The van der Waals surface area contributed by atoms with Gasteiger partial charge in [-0.2, -0.15) is 0 Å². The number of aliphatic imine (C=N–C) groups is 1. The van der Waals surface area contributed by atoms with Crippen LogP contribution in [0.1, 0.15) is 15.3 Å². The van der Waals surface area contributed by atoms with E-state index < -0.39 is 0 Å². The fourth-order valence-electron chi connectivity index (χ4n) is 1.59. The van der Waals surface area contributed by atoms with E-state index in [9.17, 15) is 0 Å². The van der Waals surface area contributed by atoms with Gasteiger partial charge in [0.2, 0.25) is 0 Å². The minimum absolute atomic E-state index is 0.791. The van der Waals surface area contributed by atoms with Crippen molar-refractivity contribution in [3.05, 3.63) is 42.7 Å². The van der Waals surface area contributed by atoms with Crippen molar-refractivity contribution in [3.8, 4) is 0 Å². The number of nitrogens with zero attached hydrogens (tertiary/aromatic N) is 1. The van der Waals surface area contributed by atoms with Gasteiger partial charge >= 0.3 is 0 Å². The predicted molar refractivity (Wildman–Crippen MR) is 88.1 cm³/mol. The second kappa shape index (κ2) is 7.07. The molecule has 0 unspecified atom stereocenters. The van der Waals surface area contributed by atoms with E-state index in [0.717, 1.165) is 22.8 Å². The van der Waals surface area contributed by atoms with E-state index in [1.54, 1.807) is 29.7 Å². The fourth-order valence-corrected chi connectivity index (χ4v) is 3.86. The van der Waals surface area contributed by atoms with Crippen molar-refractivity contribution in [2.75, 3.05) is 7.05 Å². The molecule has 102 valence electrons. The minimum Gasteiger partial charge on any atom is -0.352 e. The Bertz CT molecular complexity index is 560. The van der Waals surface area contributed by atoms with Gasteiger partial charge in [0, 0.05) is 16.8 Å². The highest BCUT2D eigenvalue weighted by molar-refractivity contribution is 9.11. The molecule has 0 spiro atoms. The Morgan fingerprint density at radius 2 is 2.05 bits per heavy atom. The van der Waals surface area contributed by atoms with Gasteiger partial charge in [-0.1, -0.05) is 0 Å². The first-order chi connectivity index (χ1) is 9.19. The predicted octanol–water partition coefficient (Wildman–Crippen LogP) is 3.75. The van der Waals surface area contributed by atoms with Crippen molar-refractivity contribution in [2.45, 2.75) is 20.0 Å². The maximum Gasteiger partial charge on any atom is 0.191 e. The summed E-state index contributed by atoms with van der Waals surface area (Å²) in [5, 5.41) is 8.76. The molecule has 0 radical (unpaired) electrons. The molecule has 3 nitrogen and oxygen atoms in total. The van der Waals surface area contributed by atoms with Gasteiger partial charge in [-0.3, -0.25) is 4.99 Å². The van der Waals surface area contributed by atoms with Gasteiger partial charge in [-0.05, 0) is 52.0 Å². The maximum atomic E-state index is 4.23. The standard InChI is InChI=1S/C13H16BrN3S2/c1-9-5-6-18-11(9)8-17-13(15-2)16-7-10-3-4-12(14)19-10/h3-6H,7-8H2,1-2H3,(H2,15,16,17). The third-order valence-electron chi connectivity index (χ3n) is 2.67. The highest BCUT2D eigenvalue weighted by atomic mass is 79.9. The number of hydrogen-bond donors (Lipinski definition) is 2. The minimum atomic E-state index is 0.791. The van der Waals surface area contributed by atoms with Crippen molar-refractivity contribution in [1.29, 1.82) is 0 Å². The number of hydrogen-bond acceptors (Lipinski definition) is 3. The van der Waals surface area contributed by atoms with Gasteiger partial charge in [-0.25, -0.2) is 0 Å². The van der Waals surface area contributed by atoms with Crippen molar-refractivity contribution in [1.82, 2.24) is 10.6 Å². The van der Waals surface area contributed by atoms with Gasteiger partial charge in [0.15, 0.2) is 5.96 Å². The molecule has 0 aliphatic carbocycles. The zero-order chi connectivity index (χ0) is 13.7. The van der Waals surface area contributed by atoms with Crippen LogP contribution in [0.15, 0.2) is 32.4 Å². The topological polar surface area (TPSA) is 36.4 Å². The summed E-state index contributed by atoms with van der Waals surface area (Å²) in [5.41, 5.74) is 1.33. The van der Waals surface area contributed by atoms with Crippen LogP contribution in [0.5, 0.6) is 0 Å². The maximum absolute atomic E-state index is 4.23. The van der Waals surface area contributed by atoms with E-state index >= 15 is 0 Å². The molecule has 2 aromatic rings. The first kappa shape index (κ1) is 14.6. The first-order valence-corrected chi connectivity index (χ1v) is 8.39. The number of aryl methyl sites for hydroxylation is 1. The summed E-state index contributed by atoms with van der Waals surface area (Å²) < 4.78 is 1.15. The second-order valence-corrected chi connectivity index (χ2v) is 7.56. The van der Waals surface area contributed by atoms with Crippen molar-refractivity contribution in [3.63, 3.8) is 0 Å². The SMILES string of the molecule is CN=C(NCc1ccc(Br)s1)NCc1sccc1C. The van der Waals surface area contributed by atoms with E-state index in [2.05, 4.69) is 62.1 Å². The molecule has 0 bridgehead atoms. The van der Waals surface area contributed by atoms with Crippen LogP contribution < -0.4 is 10.6 Å². The summed E-state index contributed by atoms with van der Waals surface area (Å²) in [6, 6.07) is 6.31. The van der Waals surface area contributed by atoms with Crippen LogP contribution in [0.25, 0.3) is 0 Å². The van der Waals surface area contributed by atoms with Crippen molar-refractivity contribution >= 4 is 44.6 Å². The molecular formula is C13H16BrN3S2. The Morgan fingerprint density at radius 3 is 2.63 bits per heavy atom.